The van der Waals surface area contributed by atoms with E-state index in [4.69, 9.17) is 5.73 Å². The summed E-state index contributed by atoms with van der Waals surface area (Å²) in [6, 6.07) is 20.5. The number of nitrogens with one attached hydrogen (secondary N) is 2. The summed E-state index contributed by atoms with van der Waals surface area (Å²) in [6.45, 7) is -0.0982. The number of carbonyl (C=O) groups is 3. The quantitative estimate of drug-likeness (QED) is 0.318. The number of anilines is 1. The van der Waals surface area contributed by atoms with Gasteiger partial charge >= 0.3 is 6.18 Å². The molecule has 0 atom stereocenters. The van der Waals surface area contributed by atoms with Crippen LogP contribution in [0.25, 0.3) is 11.3 Å². The number of hydrogen-bond acceptors (Lipinski definition) is 4. The number of rotatable bonds is 7. The first-order chi connectivity index (χ1) is 18.1. The Kier molecular flexibility index (Phi) is 7.52. The number of alkyl halides is 3. The number of hydrogen-bond donors (Lipinski definition) is 3. The molecule has 4 rings (SSSR count). The van der Waals surface area contributed by atoms with Crippen molar-refractivity contribution in [3.63, 3.8) is 0 Å². The summed E-state index contributed by atoms with van der Waals surface area (Å²) >= 11 is 0. The normalized spacial score (nSPS) is 11.0. The highest BCUT2D eigenvalue weighted by Gasteiger charge is 2.30. The van der Waals surface area contributed by atoms with Crippen LogP contribution in [0.5, 0.6) is 0 Å². The fraction of sp³-hybridized carbons (Fsp3) is 0.0714. The number of carbonyl (C=O) groups excluding carboxylic acids is 3. The van der Waals surface area contributed by atoms with Crippen molar-refractivity contribution in [2.45, 2.75) is 12.7 Å². The van der Waals surface area contributed by atoms with Gasteiger partial charge in [0.25, 0.3) is 11.8 Å². The molecule has 1 heterocycles. The van der Waals surface area contributed by atoms with Crippen LogP contribution in [0.15, 0.2) is 91.1 Å². The summed E-state index contributed by atoms with van der Waals surface area (Å²) in [6.07, 6.45) is -2.96. The van der Waals surface area contributed by atoms with Gasteiger partial charge in [-0.3, -0.25) is 19.4 Å². The van der Waals surface area contributed by atoms with Crippen LogP contribution < -0.4 is 16.4 Å². The van der Waals surface area contributed by atoms with Crippen molar-refractivity contribution >= 4 is 23.4 Å². The monoisotopic (exact) mass is 518 g/mol. The lowest BCUT2D eigenvalue weighted by atomic mass is 10.0. The number of nitrogens with two attached hydrogens (primary N) is 1. The molecule has 0 radical (unpaired) electrons. The Hall–Kier alpha value is -4.99. The zero-order valence-corrected chi connectivity index (χ0v) is 19.8. The second-order valence-electron chi connectivity index (χ2n) is 8.26. The average Bonchev–Trinajstić information content (AvgIpc) is 2.92. The van der Waals surface area contributed by atoms with Gasteiger partial charge in [0.1, 0.15) is 0 Å². The van der Waals surface area contributed by atoms with E-state index in [2.05, 4.69) is 15.6 Å². The van der Waals surface area contributed by atoms with E-state index in [0.717, 1.165) is 12.1 Å². The minimum absolute atomic E-state index is 0.0982. The molecule has 0 unspecified atom stereocenters. The van der Waals surface area contributed by atoms with E-state index in [0.29, 0.717) is 22.5 Å². The van der Waals surface area contributed by atoms with E-state index >= 15 is 0 Å². The van der Waals surface area contributed by atoms with Gasteiger partial charge in [0.15, 0.2) is 0 Å². The molecule has 1 aromatic heterocycles. The van der Waals surface area contributed by atoms with Crippen molar-refractivity contribution in [3.05, 3.63) is 119 Å². The zero-order valence-electron chi connectivity index (χ0n) is 19.8. The molecule has 4 aromatic rings. The molecule has 7 nitrogen and oxygen atoms in total. The van der Waals surface area contributed by atoms with Gasteiger partial charge in [-0.05, 0) is 60.2 Å². The van der Waals surface area contributed by atoms with Crippen LogP contribution in [0.4, 0.5) is 18.9 Å². The van der Waals surface area contributed by atoms with Gasteiger partial charge in [0.2, 0.25) is 5.91 Å². The van der Waals surface area contributed by atoms with Crippen LogP contribution in [-0.4, -0.2) is 22.7 Å². The van der Waals surface area contributed by atoms with Crippen molar-refractivity contribution in [3.8, 4) is 11.3 Å². The molecule has 10 heteroatoms. The molecule has 0 fully saturated rings. The Balaban J connectivity index is 1.47. The van der Waals surface area contributed by atoms with E-state index in [1.807, 2.05) is 0 Å². The minimum Gasteiger partial charge on any atom is -0.366 e. The van der Waals surface area contributed by atoms with Crippen LogP contribution in [0.2, 0.25) is 0 Å². The van der Waals surface area contributed by atoms with Gasteiger partial charge in [0, 0.05) is 35.1 Å². The maximum atomic E-state index is 13.0. The van der Waals surface area contributed by atoms with Gasteiger partial charge in [-0.2, -0.15) is 13.2 Å². The van der Waals surface area contributed by atoms with Gasteiger partial charge < -0.3 is 16.4 Å². The highest BCUT2D eigenvalue weighted by Crippen LogP contribution is 2.29. The fourth-order valence-electron chi connectivity index (χ4n) is 3.68. The SMILES string of the molecule is NC(=O)c1cccc(C(=O)Nc2ccc(-c3ncccc3C(=O)NCc3cccc(C(F)(F)F)c3)cc2)c1. The van der Waals surface area contributed by atoms with Crippen molar-refractivity contribution < 1.29 is 27.6 Å². The number of primary amides is 1. The minimum atomic E-state index is -4.48. The van der Waals surface area contributed by atoms with Crippen LogP contribution >= 0.6 is 0 Å². The van der Waals surface area contributed by atoms with E-state index < -0.39 is 29.5 Å². The molecule has 192 valence electrons. The Labute approximate surface area is 215 Å². The maximum absolute atomic E-state index is 13.0. The Morgan fingerprint density at radius 3 is 2.24 bits per heavy atom. The second kappa shape index (κ2) is 11.0. The van der Waals surface area contributed by atoms with Crippen LogP contribution in [-0.2, 0) is 12.7 Å². The molecule has 38 heavy (non-hydrogen) atoms. The number of nitrogens with zero attached hydrogens (tertiary/aromatic N) is 1. The first kappa shape index (κ1) is 26.1. The number of benzene rings is 3. The molecular weight excluding hydrogens is 497 g/mol. The van der Waals surface area contributed by atoms with Crippen LogP contribution in [0.3, 0.4) is 0 Å². The van der Waals surface area contributed by atoms with Crippen molar-refractivity contribution in [1.82, 2.24) is 10.3 Å². The lowest BCUT2D eigenvalue weighted by Gasteiger charge is -2.12. The summed E-state index contributed by atoms with van der Waals surface area (Å²) in [7, 11) is 0. The topological polar surface area (TPSA) is 114 Å². The molecular formula is C28H21F3N4O3. The third-order valence-corrected chi connectivity index (χ3v) is 5.59. The zero-order chi connectivity index (χ0) is 27.3. The number of pyridine rings is 1. The smallest absolute Gasteiger partial charge is 0.366 e. The maximum Gasteiger partial charge on any atom is 0.416 e. The lowest BCUT2D eigenvalue weighted by molar-refractivity contribution is -0.137. The summed E-state index contributed by atoms with van der Waals surface area (Å²) in [5.41, 5.74) is 6.90. The third kappa shape index (κ3) is 6.22. The van der Waals surface area contributed by atoms with Gasteiger partial charge in [-0.15, -0.1) is 0 Å². The Morgan fingerprint density at radius 1 is 0.816 bits per heavy atom. The summed E-state index contributed by atoms with van der Waals surface area (Å²) in [5, 5.41) is 5.36. The van der Waals surface area contributed by atoms with Gasteiger partial charge in [0.05, 0.1) is 16.8 Å². The highest BCUT2D eigenvalue weighted by atomic mass is 19.4. The third-order valence-electron chi connectivity index (χ3n) is 5.59. The Morgan fingerprint density at radius 2 is 1.53 bits per heavy atom. The van der Waals surface area contributed by atoms with Gasteiger partial charge in [-0.25, -0.2) is 0 Å². The van der Waals surface area contributed by atoms with Crippen molar-refractivity contribution in [2.24, 2.45) is 5.73 Å². The largest absolute Gasteiger partial charge is 0.416 e. The van der Waals surface area contributed by atoms with E-state index in [1.165, 1.54) is 30.5 Å². The van der Waals surface area contributed by atoms with Crippen LogP contribution in [0, 0.1) is 0 Å². The molecule has 0 bridgehead atoms. The molecule has 0 aliphatic rings. The van der Waals surface area contributed by atoms with Gasteiger partial charge in [-0.1, -0.05) is 30.3 Å². The number of amides is 3. The first-order valence-electron chi connectivity index (χ1n) is 11.3. The highest BCUT2D eigenvalue weighted by molar-refractivity contribution is 6.06. The van der Waals surface area contributed by atoms with Crippen molar-refractivity contribution in [1.29, 1.82) is 0 Å². The molecule has 0 aliphatic heterocycles. The fourth-order valence-corrected chi connectivity index (χ4v) is 3.68. The molecule has 3 amide bonds. The van der Waals surface area contributed by atoms with Crippen LogP contribution in [0.1, 0.15) is 42.2 Å². The Bertz CT molecular complexity index is 1500. The predicted octanol–water partition coefficient (Wildman–Crippen LogP) is 5.05. The second-order valence-corrected chi connectivity index (χ2v) is 8.26. The van der Waals surface area contributed by atoms with E-state index in [-0.39, 0.29) is 23.2 Å². The average molecular weight is 518 g/mol. The van der Waals surface area contributed by atoms with E-state index in [1.54, 1.807) is 48.5 Å². The summed E-state index contributed by atoms with van der Waals surface area (Å²) in [4.78, 5) is 41.1. The summed E-state index contributed by atoms with van der Waals surface area (Å²) in [5.74, 6) is -1.58. The predicted molar refractivity (Wildman–Crippen MR) is 135 cm³/mol. The molecule has 0 spiro atoms. The molecule has 0 aliphatic carbocycles. The van der Waals surface area contributed by atoms with E-state index in [9.17, 15) is 27.6 Å². The first-order valence-corrected chi connectivity index (χ1v) is 11.3. The molecule has 4 N–H and O–H groups in total. The molecule has 3 aromatic carbocycles. The standard InChI is InChI=1S/C28H21F3N4O3/c29-28(30,31)21-7-1-4-17(14-21)16-34-27(38)23-8-3-13-33-24(23)18-9-11-22(12-10-18)35-26(37)20-6-2-5-19(15-20)25(32)36/h1-15H,16H2,(H2,32,36)(H,34,38)(H,35,37). The summed E-state index contributed by atoms with van der Waals surface area (Å²) < 4.78 is 38.9. The van der Waals surface area contributed by atoms with Crippen molar-refractivity contribution in [2.75, 3.05) is 5.32 Å². The number of halogens is 3. The molecule has 0 saturated carbocycles. The molecule has 0 saturated heterocycles. The lowest BCUT2D eigenvalue weighted by Crippen LogP contribution is -2.24. The number of aromatic nitrogens is 1.